The molecule has 126 valence electrons. The maximum absolute atomic E-state index is 12.7. The van der Waals surface area contributed by atoms with Gasteiger partial charge in [-0.05, 0) is 18.1 Å². The lowest BCUT2D eigenvalue weighted by Gasteiger charge is -2.26. The second kappa shape index (κ2) is 6.37. The topological polar surface area (TPSA) is 63.6 Å². The third-order valence-corrected chi connectivity index (χ3v) is 4.86. The van der Waals surface area contributed by atoms with E-state index in [0.29, 0.717) is 11.9 Å². The molecule has 0 saturated carbocycles. The minimum atomic E-state index is -0.281. The van der Waals surface area contributed by atoms with Gasteiger partial charge in [0.25, 0.3) is 5.91 Å². The Morgan fingerprint density at radius 1 is 1.21 bits per heavy atom. The fourth-order valence-corrected chi connectivity index (χ4v) is 3.57. The van der Waals surface area contributed by atoms with Crippen molar-refractivity contribution in [2.75, 3.05) is 39.4 Å². The van der Waals surface area contributed by atoms with Crippen LogP contribution in [0.15, 0.2) is 29.2 Å². The zero-order valence-electron chi connectivity index (χ0n) is 13.6. The molecular weight excluding hydrogens is 306 g/mol. The van der Waals surface area contributed by atoms with Crippen LogP contribution in [0.5, 0.6) is 0 Å². The Hall–Kier alpha value is -2.18. The van der Waals surface area contributed by atoms with Crippen LogP contribution in [0, 0.1) is 0 Å². The zero-order chi connectivity index (χ0) is 16.5. The van der Waals surface area contributed by atoms with Crippen LogP contribution < -0.4 is 10.7 Å². The predicted molar refractivity (Wildman–Crippen MR) is 91.5 cm³/mol. The summed E-state index contributed by atoms with van der Waals surface area (Å²) in [6.07, 6.45) is 2.63. The number of aromatic nitrogens is 1. The number of ether oxygens (including phenoxy) is 1. The first-order valence-electron chi connectivity index (χ1n) is 8.47. The number of amides is 1. The molecule has 0 atom stereocenters. The van der Waals surface area contributed by atoms with Crippen LogP contribution in [0.3, 0.4) is 0 Å². The average molecular weight is 327 g/mol. The zero-order valence-corrected chi connectivity index (χ0v) is 13.6. The van der Waals surface area contributed by atoms with Crippen LogP contribution in [0.2, 0.25) is 0 Å². The monoisotopic (exact) mass is 327 g/mol. The SMILES string of the molecule is O=C(NCCN1CCOCC1)c1cn2c3c(cccc3c1=O)CC2. The van der Waals surface area contributed by atoms with Crippen molar-refractivity contribution >= 4 is 16.8 Å². The van der Waals surface area contributed by atoms with Crippen LogP contribution in [-0.2, 0) is 17.7 Å². The first kappa shape index (κ1) is 15.4. The van der Waals surface area contributed by atoms with Crippen LogP contribution in [-0.4, -0.2) is 54.8 Å². The molecule has 0 aliphatic carbocycles. The van der Waals surface area contributed by atoms with E-state index in [2.05, 4.69) is 10.2 Å². The molecule has 0 bridgehead atoms. The molecular formula is C18H21N3O3. The third-order valence-electron chi connectivity index (χ3n) is 4.86. The highest BCUT2D eigenvalue weighted by Gasteiger charge is 2.20. The van der Waals surface area contributed by atoms with Crippen molar-refractivity contribution in [3.8, 4) is 0 Å². The lowest BCUT2D eigenvalue weighted by atomic mass is 10.1. The Morgan fingerprint density at radius 2 is 2.04 bits per heavy atom. The minimum Gasteiger partial charge on any atom is -0.379 e. The molecule has 1 aromatic carbocycles. The van der Waals surface area contributed by atoms with Crippen molar-refractivity contribution in [2.45, 2.75) is 13.0 Å². The van der Waals surface area contributed by atoms with Gasteiger partial charge in [0.15, 0.2) is 0 Å². The Labute approximate surface area is 140 Å². The molecule has 1 amide bonds. The maximum Gasteiger partial charge on any atom is 0.256 e. The Bertz CT molecular complexity index is 837. The van der Waals surface area contributed by atoms with Crippen molar-refractivity contribution in [3.05, 3.63) is 45.7 Å². The van der Waals surface area contributed by atoms with Crippen molar-refractivity contribution in [3.63, 3.8) is 0 Å². The van der Waals surface area contributed by atoms with E-state index in [1.807, 2.05) is 22.8 Å². The molecule has 3 heterocycles. The van der Waals surface area contributed by atoms with Gasteiger partial charge in [-0.2, -0.15) is 0 Å². The quantitative estimate of drug-likeness (QED) is 0.894. The minimum absolute atomic E-state index is 0.172. The van der Waals surface area contributed by atoms with Crippen LogP contribution >= 0.6 is 0 Å². The third kappa shape index (κ3) is 2.72. The van der Waals surface area contributed by atoms with Gasteiger partial charge in [0.1, 0.15) is 5.56 Å². The number of para-hydroxylation sites is 1. The van der Waals surface area contributed by atoms with Gasteiger partial charge < -0.3 is 14.6 Å². The van der Waals surface area contributed by atoms with Gasteiger partial charge in [0, 0.05) is 44.3 Å². The van der Waals surface area contributed by atoms with Gasteiger partial charge in [-0.3, -0.25) is 14.5 Å². The van der Waals surface area contributed by atoms with Crippen LogP contribution in [0.25, 0.3) is 10.9 Å². The van der Waals surface area contributed by atoms with Crippen molar-refractivity contribution in [1.29, 1.82) is 0 Å². The Morgan fingerprint density at radius 3 is 2.88 bits per heavy atom. The number of carbonyl (C=O) groups is 1. The van der Waals surface area contributed by atoms with Crippen molar-refractivity contribution < 1.29 is 9.53 Å². The summed E-state index contributed by atoms with van der Waals surface area (Å²) in [6, 6.07) is 5.76. The Kier molecular flexibility index (Phi) is 4.08. The predicted octanol–water partition coefficient (Wildman–Crippen LogP) is 0.620. The van der Waals surface area contributed by atoms with E-state index < -0.39 is 0 Å². The van der Waals surface area contributed by atoms with Crippen molar-refractivity contribution in [1.82, 2.24) is 14.8 Å². The van der Waals surface area contributed by atoms with Crippen LogP contribution in [0.4, 0.5) is 0 Å². The van der Waals surface area contributed by atoms with Gasteiger partial charge in [-0.1, -0.05) is 12.1 Å². The van der Waals surface area contributed by atoms with Gasteiger partial charge in [-0.15, -0.1) is 0 Å². The number of nitrogens with zero attached hydrogens (tertiary/aromatic N) is 2. The molecule has 0 spiro atoms. The number of rotatable bonds is 4. The molecule has 0 unspecified atom stereocenters. The Balaban J connectivity index is 1.51. The normalized spacial score (nSPS) is 17.3. The summed E-state index contributed by atoms with van der Waals surface area (Å²) >= 11 is 0. The first-order chi connectivity index (χ1) is 11.7. The highest BCUT2D eigenvalue weighted by Crippen LogP contribution is 2.23. The van der Waals surface area contributed by atoms with Crippen LogP contribution in [0.1, 0.15) is 15.9 Å². The van der Waals surface area contributed by atoms with E-state index >= 15 is 0 Å². The number of aryl methyl sites for hydroxylation is 2. The molecule has 1 fully saturated rings. The van der Waals surface area contributed by atoms with Gasteiger partial charge in [0.2, 0.25) is 5.43 Å². The molecule has 1 saturated heterocycles. The molecule has 6 heteroatoms. The molecule has 2 aliphatic rings. The number of hydrogen-bond donors (Lipinski definition) is 1. The molecule has 2 aliphatic heterocycles. The van der Waals surface area contributed by atoms with E-state index in [1.165, 1.54) is 5.56 Å². The molecule has 1 N–H and O–H groups in total. The van der Waals surface area contributed by atoms with E-state index in [1.54, 1.807) is 6.20 Å². The van der Waals surface area contributed by atoms with E-state index in [9.17, 15) is 9.59 Å². The van der Waals surface area contributed by atoms with Gasteiger partial charge in [-0.25, -0.2) is 0 Å². The summed E-state index contributed by atoms with van der Waals surface area (Å²) in [6.45, 7) is 5.40. The lowest BCUT2D eigenvalue weighted by molar-refractivity contribution is 0.0383. The standard InChI is InChI=1S/C18H21N3O3/c22-17-14-3-1-2-13-4-6-21(16(13)14)12-15(17)18(23)19-5-7-20-8-10-24-11-9-20/h1-3,12H,4-11H2,(H,19,23). The number of pyridine rings is 1. The molecule has 24 heavy (non-hydrogen) atoms. The smallest absolute Gasteiger partial charge is 0.256 e. The van der Waals surface area contributed by atoms with E-state index in [4.69, 9.17) is 4.74 Å². The number of nitrogens with one attached hydrogen (secondary N) is 1. The molecule has 2 aromatic rings. The van der Waals surface area contributed by atoms with Gasteiger partial charge in [0.05, 0.1) is 18.7 Å². The van der Waals surface area contributed by atoms with E-state index in [-0.39, 0.29) is 16.9 Å². The summed E-state index contributed by atoms with van der Waals surface area (Å²) < 4.78 is 7.34. The summed E-state index contributed by atoms with van der Waals surface area (Å²) in [5, 5.41) is 3.53. The second-order valence-electron chi connectivity index (χ2n) is 6.34. The highest BCUT2D eigenvalue weighted by molar-refractivity contribution is 5.98. The summed E-state index contributed by atoms with van der Waals surface area (Å²) in [5.74, 6) is -0.281. The number of morpholine rings is 1. The average Bonchev–Trinajstić information content (AvgIpc) is 3.03. The summed E-state index contributed by atoms with van der Waals surface area (Å²) in [5.41, 5.74) is 2.23. The van der Waals surface area contributed by atoms with E-state index in [0.717, 1.165) is 51.3 Å². The molecule has 0 radical (unpaired) electrons. The van der Waals surface area contributed by atoms with Gasteiger partial charge >= 0.3 is 0 Å². The number of carbonyl (C=O) groups excluding carboxylic acids is 1. The molecule has 6 nitrogen and oxygen atoms in total. The number of hydrogen-bond acceptors (Lipinski definition) is 4. The largest absolute Gasteiger partial charge is 0.379 e. The molecule has 4 rings (SSSR count). The fraction of sp³-hybridized carbons (Fsp3) is 0.444. The lowest BCUT2D eigenvalue weighted by Crippen LogP contribution is -2.42. The van der Waals surface area contributed by atoms with Crippen molar-refractivity contribution in [2.24, 2.45) is 0 Å². The fourth-order valence-electron chi connectivity index (χ4n) is 3.57. The summed E-state index contributed by atoms with van der Waals surface area (Å²) in [7, 11) is 0. The molecule has 1 aromatic heterocycles. The maximum atomic E-state index is 12.7. The summed E-state index contributed by atoms with van der Waals surface area (Å²) in [4.78, 5) is 27.4. The number of benzene rings is 1. The highest BCUT2D eigenvalue weighted by atomic mass is 16.5. The second-order valence-corrected chi connectivity index (χ2v) is 6.34. The first-order valence-corrected chi connectivity index (χ1v) is 8.47.